The average Bonchev–Trinajstić information content (AvgIpc) is 3.04. The molecule has 2 heterocycles. The Morgan fingerprint density at radius 3 is 2.46 bits per heavy atom. The molecular formula is C15H17FN2O5S. The van der Waals surface area contributed by atoms with Crippen LogP contribution in [0.1, 0.15) is 6.92 Å². The van der Waals surface area contributed by atoms with Crippen molar-refractivity contribution in [2.45, 2.75) is 11.8 Å². The number of hydrogen-bond donors (Lipinski definition) is 1. The van der Waals surface area contributed by atoms with E-state index < -0.39 is 33.1 Å². The minimum absolute atomic E-state index is 0.00221. The van der Waals surface area contributed by atoms with Gasteiger partial charge >= 0.3 is 5.97 Å². The summed E-state index contributed by atoms with van der Waals surface area (Å²) in [5.41, 5.74) is -1.43. The number of fused-ring (bicyclic) bond motifs is 1. The molecule has 1 amide bonds. The number of carboxylic acid groups (broad SMARTS) is 1. The summed E-state index contributed by atoms with van der Waals surface area (Å²) in [5.74, 6) is -2.97. The van der Waals surface area contributed by atoms with Gasteiger partial charge in [0.1, 0.15) is 11.2 Å². The van der Waals surface area contributed by atoms with Crippen LogP contribution in [0.15, 0.2) is 29.2 Å². The molecule has 0 unspecified atom stereocenters. The molecule has 1 aromatic carbocycles. The summed E-state index contributed by atoms with van der Waals surface area (Å²) in [4.78, 5) is 25.5. The number of likely N-dealkylation sites (tertiary alicyclic amines) is 1. The number of benzene rings is 1. The molecule has 2 fully saturated rings. The van der Waals surface area contributed by atoms with Crippen LogP contribution in [-0.2, 0) is 19.6 Å². The fourth-order valence-electron chi connectivity index (χ4n) is 3.47. The molecular weight excluding hydrogens is 339 g/mol. The van der Waals surface area contributed by atoms with Gasteiger partial charge in [-0.1, -0.05) is 0 Å². The Kier molecular flexibility index (Phi) is 3.88. The molecule has 3 rings (SSSR count). The molecule has 2 aliphatic rings. The number of carboxylic acids is 1. The Bertz CT molecular complexity index is 795. The van der Waals surface area contributed by atoms with Crippen LogP contribution in [0, 0.1) is 17.2 Å². The smallest absolute Gasteiger partial charge is 0.313 e. The maximum Gasteiger partial charge on any atom is 0.313 e. The van der Waals surface area contributed by atoms with E-state index in [9.17, 15) is 27.5 Å². The number of nitrogens with zero attached hydrogens (tertiary/aromatic N) is 2. The van der Waals surface area contributed by atoms with Crippen LogP contribution < -0.4 is 0 Å². The Labute approximate surface area is 138 Å². The van der Waals surface area contributed by atoms with E-state index in [-0.39, 0.29) is 30.4 Å². The third-order valence-corrected chi connectivity index (χ3v) is 6.68. The maximum atomic E-state index is 13.0. The van der Waals surface area contributed by atoms with Crippen molar-refractivity contribution >= 4 is 21.9 Å². The Hall–Kier alpha value is -2.00. The van der Waals surface area contributed by atoms with Gasteiger partial charge in [0.05, 0.1) is 10.8 Å². The number of rotatable bonds is 4. The zero-order valence-electron chi connectivity index (χ0n) is 13.0. The van der Waals surface area contributed by atoms with Gasteiger partial charge in [0.2, 0.25) is 15.9 Å². The Balaban J connectivity index is 1.95. The summed E-state index contributed by atoms with van der Waals surface area (Å²) in [5, 5.41) is 9.65. The van der Waals surface area contributed by atoms with Crippen molar-refractivity contribution in [1.29, 1.82) is 0 Å². The van der Waals surface area contributed by atoms with E-state index in [0.29, 0.717) is 6.54 Å². The molecule has 0 aromatic heterocycles. The molecule has 9 heteroatoms. The summed E-state index contributed by atoms with van der Waals surface area (Å²) < 4.78 is 39.4. The lowest BCUT2D eigenvalue weighted by Gasteiger charge is -2.24. The highest BCUT2D eigenvalue weighted by atomic mass is 32.2. The minimum atomic E-state index is -3.98. The lowest BCUT2D eigenvalue weighted by Crippen LogP contribution is -2.42. The zero-order valence-corrected chi connectivity index (χ0v) is 13.8. The predicted molar refractivity (Wildman–Crippen MR) is 81.0 cm³/mol. The van der Waals surface area contributed by atoms with E-state index >= 15 is 0 Å². The molecule has 0 aliphatic carbocycles. The predicted octanol–water partition coefficient (Wildman–Crippen LogP) is 0.379. The van der Waals surface area contributed by atoms with Gasteiger partial charge in [0.15, 0.2) is 0 Å². The Morgan fingerprint density at radius 1 is 1.33 bits per heavy atom. The molecule has 0 spiro atoms. The molecule has 0 saturated carbocycles. The van der Waals surface area contributed by atoms with E-state index in [0.717, 1.165) is 28.6 Å². The number of halogens is 1. The third-order valence-electron chi connectivity index (χ3n) is 4.85. The second-order valence-electron chi connectivity index (χ2n) is 6.12. The summed E-state index contributed by atoms with van der Waals surface area (Å²) in [6.45, 7) is 1.69. The van der Waals surface area contributed by atoms with Gasteiger partial charge in [-0.3, -0.25) is 9.59 Å². The third kappa shape index (κ3) is 2.30. The molecule has 0 radical (unpaired) electrons. The van der Waals surface area contributed by atoms with E-state index in [1.54, 1.807) is 6.92 Å². The molecule has 7 nitrogen and oxygen atoms in total. The molecule has 130 valence electrons. The van der Waals surface area contributed by atoms with Crippen molar-refractivity contribution in [3.63, 3.8) is 0 Å². The van der Waals surface area contributed by atoms with E-state index in [2.05, 4.69) is 0 Å². The van der Waals surface area contributed by atoms with Crippen LogP contribution in [-0.4, -0.2) is 60.8 Å². The number of carbonyl (C=O) groups is 2. The second kappa shape index (κ2) is 5.52. The van der Waals surface area contributed by atoms with Gasteiger partial charge < -0.3 is 10.0 Å². The van der Waals surface area contributed by atoms with E-state index in [1.165, 1.54) is 4.90 Å². The fraction of sp³-hybridized carbons (Fsp3) is 0.467. The molecule has 1 aromatic rings. The zero-order chi connectivity index (χ0) is 17.7. The summed E-state index contributed by atoms with van der Waals surface area (Å²) >= 11 is 0. The largest absolute Gasteiger partial charge is 0.481 e. The van der Waals surface area contributed by atoms with Crippen LogP contribution in [0.25, 0.3) is 0 Å². The number of amides is 1. The number of carbonyl (C=O) groups excluding carboxylic acids is 1. The molecule has 24 heavy (non-hydrogen) atoms. The normalized spacial score (nSPS) is 27.5. The van der Waals surface area contributed by atoms with Crippen LogP contribution in [0.3, 0.4) is 0 Å². The monoisotopic (exact) mass is 356 g/mol. The molecule has 2 saturated heterocycles. The lowest BCUT2D eigenvalue weighted by atomic mass is 9.81. The van der Waals surface area contributed by atoms with Gasteiger partial charge in [-0.25, -0.2) is 12.8 Å². The highest BCUT2D eigenvalue weighted by molar-refractivity contribution is 7.89. The number of aliphatic carboxylic acids is 1. The second-order valence-corrected chi connectivity index (χ2v) is 8.06. The van der Waals surface area contributed by atoms with Crippen LogP contribution in [0.5, 0.6) is 0 Å². The number of hydrogen-bond acceptors (Lipinski definition) is 4. The highest BCUT2D eigenvalue weighted by Gasteiger charge is 2.63. The van der Waals surface area contributed by atoms with Crippen molar-refractivity contribution in [3.05, 3.63) is 30.1 Å². The standard InChI is InChI=1S/C15H17FN2O5S/c1-2-17-8-15(14(20)21)9-18(7-12(15)13(17)19)24(22,23)11-5-3-10(16)4-6-11/h3-6,12H,2,7-9H2,1H3,(H,20,21)/t12-,15+/m1/s1. The van der Waals surface area contributed by atoms with Crippen molar-refractivity contribution in [2.24, 2.45) is 11.3 Å². The van der Waals surface area contributed by atoms with Crippen molar-refractivity contribution < 1.29 is 27.5 Å². The summed E-state index contributed by atoms with van der Waals surface area (Å²) in [6.07, 6.45) is 0. The lowest BCUT2D eigenvalue weighted by molar-refractivity contribution is -0.149. The Morgan fingerprint density at radius 2 is 1.96 bits per heavy atom. The minimum Gasteiger partial charge on any atom is -0.481 e. The van der Waals surface area contributed by atoms with Gasteiger partial charge in [-0.15, -0.1) is 0 Å². The van der Waals surface area contributed by atoms with Crippen molar-refractivity contribution in [1.82, 2.24) is 9.21 Å². The first kappa shape index (κ1) is 16.8. The van der Waals surface area contributed by atoms with E-state index in [4.69, 9.17) is 0 Å². The highest BCUT2D eigenvalue weighted by Crippen LogP contribution is 2.45. The van der Waals surface area contributed by atoms with Crippen LogP contribution in [0.4, 0.5) is 4.39 Å². The van der Waals surface area contributed by atoms with Gasteiger partial charge in [-0.2, -0.15) is 4.31 Å². The quantitative estimate of drug-likeness (QED) is 0.842. The summed E-state index contributed by atoms with van der Waals surface area (Å²) in [6, 6.07) is 4.32. The van der Waals surface area contributed by atoms with Gasteiger partial charge in [0.25, 0.3) is 0 Å². The molecule has 0 bridgehead atoms. The molecule has 2 aliphatic heterocycles. The van der Waals surface area contributed by atoms with E-state index in [1.807, 2.05) is 0 Å². The van der Waals surface area contributed by atoms with Crippen LogP contribution in [0.2, 0.25) is 0 Å². The van der Waals surface area contributed by atoms with Gasteiger partial charge in [0, 0.05) is 26.2 Å². The average molecular weight is 356 g/mol. The molecule has 2 atom stereocenters. The SMILES string of the molecule is CCN1C[C@]2(C(=O)O)CN(S(=O)(=O)c3ccc(F)cc3)C[C@@H]2C1=O. The maximum absolute atomic E-state index is 13.0. The molecule has 1 N–H and O–H groups in total. The topological polar surface area (TPSA) is 95.0 Å². The van der Waals surface area contributed by atoms with Crippen molar-refractivity contribution in [3.8, 4) is 0 Å². The first-order chi connectivity index (χ1) is 11.2. The number of sulfonamides is 1. The van der Waals surface area contributed by atoms with Crippen LogP contribution >= 0.6 is 0 Å². The first-order valence-corrected chi connectivity index (χ1v) is 8.94. The van der Waals surface area contributed by atoms with Gasteiger partial charge in [-0.05, 0) is 31.2 Å². The first-order valence-electron chi connectivity index (χ1n) is 7.50. The summed E-state index contributed by atoms with van der Waals surface area (Å²) in [7, 11) is -3.98. The fourth-order valence-corrected chi connectivity index (χ4v) is 5.00. The van der Waals surface area contributed by atoms with Crippen molar-refractivity contribution in [2.75, 3.05) is 26.2 Å².